The molecule has 1 fully saturated rings. The minimum Gasteiger partial charge on any atom is -0.391 e. The molecule has 0 spiro atoms. The van der Waals surface area contributed by atoms with E-state index < -0.39 is 0 Å². The number of H-pyrrole nitrogens is 1. The molecule has 4 N–H and O–H groups in total. The van der Waals surface area contributed by atoms with Crippen molar-refractivity contribution >= 4 is 28.1 Å². The van der Waals surface area contributed by atoms with Crippen molar-refractivity contribution in [3.8, 4) is 10.6 Å². The second-order valence-corrected chi connectivity index (χ2v) is 8.89. The lowest BCUT2D eigenvalue weighted by molar-refractivity contribution is 0.285. The van der Waals surface area contributed by atoms with Crippen molar-refractivity contribution in [1.82, 2.24) is 20.3 Å². The van der Waals surface area contributed by atoms with E-state index in [1.165, 1.54) is 16.9 Å². The van der Waals surface area contributed by atoms with Crippen molar-refractivity contribution in [3.05, 3.63) is 65.4 Å². The molecular weight excluding hydrogens is 394 g/mol. The van der Waals surface area contributed by atoms with Crippen molar-refractivity contribution in [3.63, 3.8) is 0 Å². The number of aliphatic hydroxyl groups is 1. The maximum atomic E-state index is 9.40. The Hall–Kier alpha value is -2.74. The molecule has 1 saturated carbocycles. The first-order valence-electron chi connectivity index (χ1n) is 10.4. The predicted molar refractivity (Wildman–Crippen MR) is 122 cm³/mol. The van der Waals surface area contributed by atoms with E-state index >= 15 is 0 Å². The number of hydrogen-bond donors (Lipinski definition) is 4. The number of aromatic amines is 1. The molecule has 5 rings (SSSR count). The number of pyridine rings is 1. The van der Waals surface area contributed by atoms with Crippen LogP contribution in [0.1, 0.15) is 23.3 Å². The normalized spacial score (nSPS) is 18.4. The predicted octanol–water partition coefficient (Wildman–Crippen LogP) is 3.95. The molecule has 0 amide bonds. The fourth-order valence-corrected chi connectivity index (χ4v) is 4.79. The molecule has 1 aromatic carbocycles. The van der Waals surface area contributed by atoms with Crippen LogP contribution in [0.3, 0.4) is 0 Å². The van der Waals surface area contributed by atoms with Gasteiger partial charge in [0.15, 0.2) is 0 Å². The van der Waals surface area contributed by atoms with E-state index in [1.807, 2.05) is 12.4 Å². The Balaban J connectivity index is 1.24. The number of anilines is 1. The number of rotatable bonds is 8. The fraction of sp³-hybridized carbons (Fsp3) is 0.304. The van der Waals surface area contributed by atoms with Crippen molar-refractivity contribution in [2.75, 3.05) is 11.9 Å². The zero-order valence-electron chi connectivity index (χ0n) is 16.6. The van der Waals surface area contributed by atoms with Crippen LogP contribution in [0.5, 0.6) is 0 Å². The summed E-state index contributed by atoms with van der Waals surface area (Å²) >= 11 is 1.51. The molecule has 1 aliphatic carbocycles. The largest absolute Gasteiger partial charge is 0.391 e. The second kappa shape index (κ2) is 8.55. The van der Waals surface area contributed by atoms with Gasteiger partial charge in [-0.1, -0.05) is 30.3 Å². The molecule has 30 heavy (non-hydrogen) atoms. The van der Waals surface area contributed by atoms with E-state index in [0.29, 0.717) is 12.1 Å². The summed E-state index contributed by atoms with van der Waals surface area (Å²) in [4.78, 5) is 13.1. The molecule has 7 heteroatoms. The first kappa shape index (κ1) is 19.2. The highest BCUT2D eigenvalue weighted by molar-refractivity contribution is 7.15. The molecule has 3 aromatic heterocycles. The van der Waals surface area contributed by atoms with E-state index in [0.717, 1.165) is 58.0 Å². The van der Waals surface area contributed by atoms with Gasteiger partial charge < -0.3 is 20.7 Å². The maximum absolute atomic E-state index is 9.40. The molecule has 1 aliphatic rings. The zero-order chi connectivity index (χ0) is 20.3. The molecule has 0 radical (unpaired) electrons. The van der Waals surface area contributed by atoms with Crippen LogP contribution in [-0.4, -0.2) is 38.7 Å². The van der Waals surface area contributed by atoms with Crippen LogP contribution >= 0.6 is 11.3 Å². The van der Waals surface area contributed by atoms with E-state index in [9.17, 15) is 5.11 Å². The molecule has 0 bridgehead atoms. The third-order valence-corrected chi connectivity index (χ3v) is 6.72. The van der Waals surface area contributed by atoms with E-state index in [1.54, 1.807) is 6.20 Å². The Morgan fingerprint density at radius 1 is 1.07 bits per heavy atom. The third-order valence-electron chi connectivity index (χ3n) is 5.70. The number of benzene rings is 1. The van der Waals surface area contributed by atoms with Crippen LogP contribution < -0.4 is 10.6 Å². The van der Waals surface area contributed by atoms with E-state index in [4.69, 9.17) is 0 Å². The number of fused-ring (bicyclic) bond motifs is 1. The second-order valence-electron chi connectivity index (χ2n) is 7.78. The molecule has 0 unspecified atom stereocenters. The molecule has 4 aromatic rings. The van der Waals surface area contributed by atoms with Gasteiger partial charge in [-0.05, 0) is 37.4 Å². The molecule has 0 atom stereocenters. The Labute approximate surface area is 179 Å². The number of aromatic nitrogens is 3. The van der Waals surface area contributed by atoms with Crippen LogP contribution in [-0.2, 0) is 13.0 Å². The first-order chi connectivity index (χ1) is 14.8. The van der Waals surface area contributed by atoms with Crippen LogP contribution in [0.4, 0.5) is 5.69 Å². The zero-order valence-corrected chi connectivity index (χ0v) is 17.5. The summed E-state index contributed by atoms with van der Waals surface area (Å²) in [6.07, 6.45) is 8.79. The highest BCUT2D eigenvalue weighted by Crippen LogP contribution is 2.37. The van der Waals surface area contributed by atoms with Gasteiger partial charge in [0.05, 0.1) is 22.7 Å². The van der Waals surface area contributed by atoms with Crippen LogP contribution in [0, 0.1) is 0 Å². The molecule has 0 aliphatic heterocycles. The van der Waals surface area contributed by atoms with Gasteiger partial charge in [0.1, 0.15) is 10.7 Å². The van der Waals surface area contributed by atoms with Gasteiger partial charge in [-0.25, -0.2) is 9.97 Å². The van der Waals surface area contributed by atoms with Crippen LogP contribution in [0.2, 0.25) is 0 Å². The summed E-state index contributed by atoms with van der Waals surface area (Å²) in [5, 5.41) is 18.8. The summed E-state index contributed by atoms with van der Waals surface area (Å²) in [5.74, 6) is 0. The van der Waals surface area contributed by atoms with E-state index in [-0.39, 0.29) is 6.61 Å². The van der Waals surface area contributed by atoms with Gasteiger partial charge in [-0.2, -0.15) is 0 Å². The summed E-state index contributed by atoms with van der Waals surface area (Å²) in [5.41, 5.74) is 4.32. The number of nitrogens with zero attached hydrogens (tertiary/aromatic N) is 2. The molecular formula is C23H25N5OS. The topological polar surface area (TPSA) is 85.9 Å². The van der Waals surface area contributed by atoms with Gasteiger partial charge >= 0.3 is 0 Å². The molecule has 0 saturated heterocycles. The van der Waals surface area contributed by atoms with Crippen molar-refractivity contribution in [2.24, 2.45) is 0 Å². The highest BCUT2D eigenvalue weighted by atomic mass is 32.1. The Bertz CT molecular complexity index is 1120. The van der Waals surface area contributed by atoms with Crippen molar-refractivity contribution < 1.29 is 5.11 Å². The first-order valence-corrected chi connectivity index (χ1v) is 11.2. The number of thiazole rings is 1. The quantitative estimate of drug-likeness (QED) is 0.347. The number of nitrogens with one attached hydrogen (secondary N) is 3. The Morgan fingerprint density at radius 3 is 2.73 bits per heavy atom. The minimum absolute atomic E-state index is 0.0131. The maximum Gasteiger partial charge on any atom is 0.139 e. The SMILES string of the molecule is OCc1cnc(-c2cnc3[nH]ccc3c2NC2CC(NCCc3ccccc3)C2)s1. The Morgan fingerprint density at radius 2 is 1.93 bits per heavy atom. The highest BCUT2D eigenvalue weighted by Gasteiger charge is 2.30. The van der Waals surface area contributed by atoms with Crippen LogP contribution in [0.25, 0.3) is 21.6 Å². The number of aliphatic hydroxyl groups excluding tert-OH is 1. The van der Waals surface area contributed by atoms with Gasteiger partial charge in [-0.3, -0.25) is 0 Å². The van der Waals surface area contributed by atoms with Crippen molar-refractivity contribution in [1.29, 1.82) is 0 Å². The van der Waals surface area contributed by atoms with E-state index in [2.05, 4.69) is 62.0 Å². The standard InChI is InChI=1S/C23H25N5OS/c29-14-18-12-27-23(30-18)20-13-26-22-19(7-9-25-22)21(20)28-17-10-16(11-17)24-8-6-15-4-2-1-3-5-15/h1-5,7,9,12-13,16-17,24,29H,6,8,10-11,14H2,(H2,25,26,28). The minimum atomic E-state index is 0.0131. The van der Waals surface area contributed by atoms with Gasteiger partial charge in [-0.15, -0.1) is 11.3 Å². The summed E-state index contributed by atoms with van der Waals surface area (Å²) < 4.78 is 0. The van der Waals surface area contributed by atoms with Gasteiger partial charge in [0, 0.05) is 36.1 Å². The van der Waals surface area contributed by atoms with Gasteiger partial charge in [0.25, 0.3) is 0 Å². The lowest BCUT2D eigenvalue weighted by Gasteiger charge is -2.37. The lowest BCUT2D eigenvalue weighted by atomic mass is 9.86. The molecule has 6 nitrogen and oxygen atoms in total. The van der Waals surface area contributed by atoms with Gasteiger partial charge in [0.2, 0.25) is 0 Å². The monoisotopic (exact) mass is 419 g/mol. The van der Waals surface area contributed by atoms with Crippen LogP contribution in [0.15, 0.2) is 55.0 Å². The van der Waals surface area contributed by atoms with Crippen molar-refractivity contribution in [2.45, 2.75) is 38.0 Å². The summed E-state index contributed by atoms with van der Waals surface area (Å²) in [6, 6.07) is 13.7. The average Bonchev–Trinajstić information content (AvgIpc) is 3.42. The lowest BCUT2D eigenvalue weighted by Crippen LogP contribution is -2.48. The molecule has 154 valence electrons. The summed E-state index contributed by atoms with van der Waals surface area (Å²) in [6.45, 7) is 1.02. The smallest absolute Gasteiger partial charge is 0.139 e. The fourth-order valence-electron chi connectivity index (χ4n) is 4.00. The third kappa shape index (κ3) is 3.96. The Kier molecular flexibility index (Phi) is 5.48. The average molecular weight is 420 g/mol. The molecule has 3 heterocycles. The number of hydrogen-bond acceptors (Lipinski definition) is 6. The summed E-state index contributed by atoms with van der Waals surface area (Å²) in [7, 11) is 0.